The van der Waals surface area contributed by atoms with Gasteiger partial charge in [-0.3, -0.25) is 9.69 Å². The number of carbonyl (C=O) groups is 1. The number of rotatable bonds is 3. The summed E-state index contributed by atoms with van der Waals surface area (Å²) in [7, 11) is 4.34. The predicted molar refractivity (Wildman–Crippen MR) is 116 cm³/mol. The molecular formula is C24H37N3O2. The van der Waals surface area contributed by atoms with Gasteiger partial charge in [-0.2, -0.15) is 0 Å². The van der Waals surface area contributed by atoms with Crippen LogP contribution in [-0.4, -0.2) is 72.0 Å². The fraction of sp³-hybridized carbons (Fsp3) is 0.708. The Hall–Kier alpha value is -1.59. The number of ether oxygens (including phenoxy) is 1. The Morgan fingerprint density at radius 3 is 2.66 bits per heavy atom. The SMILES string of the molecule is C[C@H]1CCCCN1CC(=O)N1Cc2ccccc2OC2(CCC(N(C)C)CC2)C1. The summed E-state index contributed by atoms with van der Waals surface area (Å²) in [5, 5.41) is 0. The monoisotopic (exact) mass is 399 g/mol. The zero-order valence-electron chi connectivity index (χ0n) is 18.4. The Balaban J connectivity index is 1.53. The van der Waals surface area contributed by atoms with Gasteiger partial charge < -0.3 is 14.5 Å². The first-order chi connectivity index (χ1) is 14.0. The molecule has 160 valence electrons. The Kier molecular flexibility index (Phi) is 6.16. The van der Waals surface area contributed by atoms with E-state index in [0.29, 0.717) is 31.7 Å². The highest BCUT2D eigenvalue weighted by molar-refractivity contribution is 5.78. The van der Waals surface area contributed by atoms with Gasteiger partial charge in [-0.05, 0) is 72.2 Å². The molecular weight excluding hydrogens is 362 g/mol. The number of para-hydroxylation sites is 1. The van der Waals surface area contributed by atoms with Crippen molar-refractivity contribution >= 4 is 5.91 Å². The molecule has 2 aliphatic heterocycles. The Bertz CT molecular complexity index is 712. The van der Waals surface area contributed by atoms with Crippen molar-refractivity contribution in [1.82, 2.24) is 14.7 Å². The van der Waals surface area contributed by atoms with E-state index >= 15 is 0 Å². The number of nitrogens with zero attached hydrogens (tertiary/aromatic N) is 3. The van der Waals surface area contributed by atoms with Crippen molar-refractivity contribution < 1.29 is 9.53 Å². The number of carbonyl (C=O) groups excluding carboxylic acids is 1. The summed E-state index contributed by atoms with van der Waals surface area (Å²) < 4.78 is 6.68. The van der Waals surface area contributed by atoms with Crippen molar-refractivity contribution in [3.8, 4) is 5.75 Å². The van der Waals surface area contributed by atoms with E-state index in [2.05, 4.69) is 53.9 Å². The standard InChI is InChI=1S/C24H37N3O2/c1-19-8-6-7-15-26(19)17-23(28)27-16-20-9-4-5-10-22(20)29-24(18-27)13-11-21(12-14-24)25(2)3/h4-5,9-10,19,21H,6-8,11-18H2,1-3H3/t19-,21?,24?/m0/s1. The molecule has 0 unspecified atom stereocenters. The molecule has 5 nitrogen and oxygen atoms in total. The summed E-state index contributed by atoms with van der Waals surface area (Å²) in [6, 6.07) is 9.41. The third-order valence-electron chi connectivity index (χ3n) is 7.37. The number of amides is 1. The number of benzene rings is 1. The van der Waals surface area contributed by atoms with E-state index in [9.17, 15) is 4.79 Å². The van der Waals surface area contributed by atoms with Gasteiger partial charge in [0.2, 0.25) is 5.91 Å². The van der Waals surface area contributed by atoms with E-state index in [4.69, 9.17) is 4.74 Å². The van der Waals surface area contributed by atoms with Crippen LogP contribution in [0.1, 0.15) is 57.4 Å². The van der Waals surface area contributed by atoms with Crippen LogP contribution < -0.4 is 4.74 Å². The van der Waals surface area contributed by atoms with Crippen LogP contribution in [0.4, 0.5) is 0 Å². The third-order valence-corrected chi connectivity index (χ3v) is 7.37. The van der Waals surface area contributed by atoms with Crippen LogP contribution >= 0.6 is 0 Å². The Morgan fingerprint density at radius 2 is 1.93 bits per heavy atom. The second-order valence-corrected chi connectivity index (χ2v) is 9.65. The summed E-state index contributed by atoms with van der Waals surface area (Å²) >= 11 is 0. The molecule has 29 heavy (non-hydrogen) atoms. The lowest BCUT2D eigenvalue weighted by atomic mass is 9.81. The summed E-state index contributed by atoms with van der Waals surface area (Å²) in [6.45, 7) is 5.22. The highest BCUT2D eigenvalue weighted by Gasteiger charge is 2.42. The van der Waals surface area contributed by atoms with Crippen LogP contribution in [0.3, 0.4) is 0 Å². The van der Waals surface area contributed by atoms with E-state index in [0.717, 1.165) is 43.5 Å². The predicted octanol–water partition coefficient (Wildman–Crippen LogP) is 3.53. The highest BCUT2D eigenvalue weighted by atomic mass is 16.5. The Labute approximate surface area is 176 Å². The maximum atomic E-state index is 13.4. The van der Waals surface area contributed by atoms with Crippen molar-refractivity contribution in [2.75, 3.05) is 33.7 Å². The fourth-order valence-electron chi connectivity index (χ4n) is 5.36. The van der Waals surface area contributed by atoms with E-state index in [-0.39, 0.29) is 11.5 Å². The molecule has 4 rings (SSSR count). The quantitative estimate of drug-likeness (QED) is 0.779. The largest absolute Gasteiger partial charge is 0.485 e. The van der Waals surface area contributed by atoms with Crippen molar-refractivity contribution in [3.63, 3.8) is 0 Å². The lowest BCUT2D eigenvalue weighted by Gasteiger charge is -2.43. The smallest absolute Gasteiger partial charge is 0.237 e. The molecule has 1 saturated heterocycles. The first-order valence-corrected chi connectivity index (χ1v) is 11.4. The van der Waals surface area contributed by atoms with Crippen molar-refractivity contribution in [2.45, 2.75) is 76.1 Å². The fourth-order valence-corrected chi connectivity index (χ4v) is 5.36. The second kappa shape index (κ2) is 8.65. The number of hydrogen-bond donors (Lipinski definition) is 0. The van der Waals surface area contributed by atoms with Gasteiger partial charge in [0.1, 0.15) is 11.4 Å². The van der Waals surface area contributed by atoms with Crippen molar-refractivity contribution in [1.29, 1.82) is 0 Å². The summed E-state index contributed by atoms with van der Waals surface area (Å²) in [4.78, 5) is 20.2. The molecule has 3 aliphatic rings. The minimum Gasteiger partial charge on any atom is -0.485 e. The number of likely N-dealkylation sites (tertiary alicyclic amines) is 1. The number of hydrogen-bond acceptors (Lipinski definition) is 4. The molecule has 0 radical (unpaired) electrons. The third kappa shape index (κ3) is 4.61. The molecule has 1 aromatic rings. The first kappa shape index (κ1) is 20.7. The second-order valence-electron chi connectivity index (χ2n) is 9.65. The molecule has 2 heterocycles. The van der Waals surface area contributed by atoms with Crippen LogP contribution in [0, 0.1) is 0 Å². The van der Waals surface area contributed by atoms with E-state index in [1.54, 1.807) is 0 Å². The molecule has 1 atom stereocenters. The van der Waals surface area contributed by atoms with E-state index < -0.39 is 0 Å². The van der Waals surface area contributed by atoms with Gasteiger partial charge in [0, 0.05) is 24.2 Å². The molecule has 1 amide bonds. The van der Waals surface area contributed by atoms with Gasteiger partial charge in [-0.15, -0.1) is 0 Å². The zero-order valence-corrected chi connectivity index (χ0v) is 18.4. The average molecular weight is 400 g/mol. The van der Waals surface area contributed by atoms with Crippen LogP contribution in [-0.2, 0) is 11.3 Å². The maximum absolute atomic E-state index is 13.4. The molecule has 1 aromatic carbocycles. The van der Waals surface area contributed by atoms with Crippen LogP contribution in [0.2, 0.25) is 0 Å². The van der Waals surface area contributed by atoms with Gasteiger partial charge >= 0.3 is 0 Å². The number of fused-ring (bicyclic) bond motifs is 1. The van der Waals surface area contributed by atoms with Gasteiger partial charge in [0.15, 0.2) is 0 Å². The topological polar surface area (TPSA) is 36.0 Å². The number of piperidine rings is 1. The molecule has 1 saturated carbocycles. The molecule has 5 heteroatoms. The molecule has 0 aromatic heterocycles. The minimum atomic E-state index is -0.248. The van der Waals surface area contributed by atoms with Crippen LogP contribution in [0.5, 0.6) is 5.75 Å². The molecule has 2 fully saturated rings. The van der Waals surface area contributed by atoms with Gasteiger partial charge in [0.25, 0.3) is 0 Å². The van der Waals surface area contributed by atoms with Crippen molar-refractivity contribution in [2.24, 2.45) is 0 Å². The first-order valence-electron chi connectivity index (χ1n) is 11.4. The summed E-state index contributed by atoms with van der Waals surface area (Å²) in [6.07, 6.45) is 7.96. The highest BCUT2D eigenvalue weighted by Crippen LogP contribution is 2.39. The zero-order chi connectivity index (χ0) is 20.4. The molecule has 0 N–H and O–H groups in total. The summed E-state index contributed by atoms with van der Waals surface area (Å²) in [5.41, 5.74) is 0.890. The average Bonchev–Trinajstić information content (AvgIpc) is 2.86. The molecule has 1 aliphatic carbocycles. The lowest BCUT2D eigenvalue weighted by molar-refractivity contribution is -0.137. The van der Waals surface area contributed by atoms with Gasteiger partial charge in [0.05, 0.1) is 13.1 Å². The van der Waals surface area contributed by atoms with E-state index in [1.165, 1.54) is 19.3 Å². The van der Waals surface area contributed by atoms with E-state index in [1.807, 2.05) is 6.07 Å². The molecule has 1 spiro atoms. The minimum absolute atomic E-state index is 0.248. The normalized spacial score (nSPS) is 30.7. The molecule has 0 bridgehead atoms. The van der Waals surface area contributed by atoms with Gasteiger partial charge in [-0.1, -0.05) is 24.6 Å². The van der Waals surface area contributed by atoms with Crippen molar-refractivity contribution in [3.05, 3.63) is 29.8 Å². The van der Waals surface area contributed by atoms with Crippen LogP contribution in [0.15, 0.2) is 24.3 Å². The summed E-state index contributed by atoms with van der Waals surface area (Å²) in [5.74, 6) is 1.23. The maximum Gasteiger partial charge on any atom is 0.237 e. The van der Waals surface area contributed by atoms with Crippen LogP contribution in [0.25, 0.3) is 0 Å². The lowest BCUT2D eigenvalue weighted by Crippen LogP contribution is -2.53. The Morgan fingerprint density at radius 1 is 1.17 bits per heavy atom. The van der Waals surface area contributed by atoms with Gasteiger partial charge in [-0.25, -0.2) is 0 Å².